The first-order valence-corrected chi connectivity index (χ1v) is 10.3. The van der Waals surface area contributed by atoms with Crippen molar-refractivity contribution >= 4 is 40.6 Å². The minimum atomic E-state index is -0.964. The van der Waals surface area contributed by atoms with E-state index in [1.54, 1.807) is 0 Å². The van der Waals surface area contributed by atoms with Gasteiger partial charge in [-0.2, -0.15) is 0 Å². The van der Waals surface area contributed by atoms with Crippen LogP contribution < -0.4 is 5.32 Å². The monoisotopic (exact) mass is 396 g/mol. The van der Waals surface area contributed by atoms with Gasteiger partial charge in [0.2, 0.25) is 5.91 Å². The molecule has 0 aromatic rings. The van der Waals surface area contributed by atoms with Crippen molar-refractivity contribution in [2.75, 3.05) is 18.8 Å². The topological polar surface area (TPSA) is 110 Å². The Balaban J connectivity index is 1.42. The van der Waals surface area contributed by atoms with E-state index in [0.29, 0.717) is 12.8 Å². The first-order valence-electron chi connectivity index (χ1n) is 9.36. The molecule has 2 aliphatic carbocycles. The minimum Gasteiger partial charge on any atom is -0.452 e. The van der Waals surface area contributed by atoms with Crippen LogP contribution in [0.5, 0.6) is 0 Å². The molecule has 4 atom stereocenters. The maximum absolute atomic E-state index is 12.4. The predicted molar refractivity (Wildman–Crippen MR) is 96.7 cm³/mol. The summed E-state index contributed by atoms with van der Waals surface area (Å²) in [7, 11) is 0. The number of amides is 3. The Labute approximate surface area is 161 Å². The lowest BCUT2D eigenvalue weighted by molar-refractivity contribution is -0.162. The quantitative estimate of drug-likeness (QED) is 0.670. The van der Waals surface area contributed by atoms with E-state index in [1.807, 2.05) is 0 Å². The summed E-state index contributed by atoms with van der Waals surface area (Å²) in [6, 6.07) is 0. The maximum atomic E-state index is 12.4. The Morgan fingerprint density at radius 1 is 1.22 bits per heavy atom. The number of hydrogen-bond donors (Lipinski definition) is 1. The second-order valence-corrected chi connectivity index (χ2v) is 8.29. The highest BCUT2D eigenvalue weighted by molar-refractivity contribution is 8.14. The number of nitrogens with zero attached hydrogens (tertiary/aromatic N) is 1. The highest BCUT2D eigenvalue weighted by atomic mass is 32.2. The van der Waals surface area contributed by atoms with Gasteiger partial charge >= 0.3 is 5.97 Å². The summed E-state index contributed by atoms with van der Waals surface area (Å²) in [5.41, 5.74) is 0. The molecule has 1 aliphatic heterocycles. The van der Waals surface area contributed by atoms with Gasteiger partial charge in [-0.05, 0) is 32.6 Å². The number of rotatable bonds is 6. The Morgan fingerprint density at radius 2 is 1.89 bits per heavy atom. The Kier molecular flexibility index (Phi) is 6.18. The molecule has 0 aromatic heterocycles. The van der Waals surface area contributed by atoms with Gasteiger partial charge in [0.15, 0.2) is 6.10 Å². The Bertz CT molecular complexity index is 634. The summed E-state index contributed by atoms with van der Waals surface area (Å²) >= 11 is 0.941. The van der Waals surface area contributed by atoms with E-state index in [1.165, 1.54) is 6.92 Å². The number of hydrogen-bond acceptors (Lipinski definition) is 7. The molecule has 3 rings (SSSR count). The zero-order valence-electron chi connectivity index (χ0n) is 15.3. The Morgan fingerprint density at radius 3 is 2.48 bits per heavy atom. The van der Waals surface area contributed by atoms with Gasteiger partial charge in [-0.1, -0.05) is 18.2 Å². The van der Waals surface area contributed by atoms with Crippen molar-refractivity contribution in [1.29, 1.82) is 0 Å². The van der Waals surface area contributed by atoms with E-state index in [4.69, 9.17) is 4.74 Å². The SMILES string of the molecule is C[C@H](OC(=O)C1C[C@H]2CCC[C@@H](C1)C2=O)C(=O)NCCN1C(=O)CSC1=O. The number of esters is 1. The van der Waals surface area contributed by atoms with Crippen LogP contribution in [0.2, 0.25) is 0 Å². The van der Waals surface area contributed by atoms with Crippen molar-refractivity contribution in [3.8, 4) is 0 Å². The van der Waals surface area contributed by atoms with Crippen LogP contribution >= 0.6 is 11.8 Å². The van der Waals surface area contributed by atoms with E-state index in [9.17, 15) is 24.0 Å². The van der Waals surface area contributed by atoms with Crippen LogP contribution in [-0.2, 0) is 23.9 Å². The number of thioether (sulfide) groups is 1. The first-order chi connectivity index (χ1) is 12.9. The lowest BCUT2D eigenvalue weighted by Crippen LogP contribution is -2.43. The van der Waals surface area contributed by atoms with Crippen molar-refractivity contribution in [3.05, 3.63) is 0 Å². The van der Waals surface area contributed by atoms with Crippen molar-refractivity contribution in [3.63, 3.8) is 0 Å². The number of Topliss-reactive ketones (excluding diaryl/α,β-unsaturated/α-hetero) is 1. The van der Waals surface area contributed by atoms with Gasteiger partial charge < -0.3 is 10.1 Å². The lowest BCUT2D eigenvalue weighted by atomic mass is 9.67. The molecule has 0 aromatic carbocycles. The maximum Gasteiger partial charge on any atom is 0.309 e. The zero-order valence-corrected chi connectivity index (χ0v) is 16.1. The van der Waals surface area contributed by atoms with Crippen molar-refractivity contribution < 1.29 is 28.7 Å². The van der Waals surface area contributed by atoms with E-state index in [0.717, 1.165) is 35.9 Å². The van der Waals surface area contributed by atoms with Crippen LogP contribution in [0.4, 0.5) is 4.79 Å². The van der Waals surface area contributed by atoms with Crippen LogP contribution in [0.15, 0.2) is 0 Å². The van der Waals surface area contributed by atoms with Crippen LogP contribution in [0, 0.1) is 17.8 Å². The summed E-state index contributed by atoms with van der Waals surface area (Å²) in [6.07, 6.45) is 2.76. The molecule has 8 nitrogen and oxygen atoms in total. The molecular formula is C18H24N2O6S. The van der Waals surface area contributed by atoms with Gasteiger partial charge in [0.25, 0.3) is 11.1 Å². The molecule has 0 radical (unpaired) electrons. The number of ether oxygens (including phenoxy) is 1. The molecule has 1 saturated heterocycles. The number of nitrogens with one attached hydrogen (secondary N) is 1. The van der Waals surface area contributed by atoms with Gasteiger partial charge in [-0.25, -0.2) is 0 Å². The van der Waals surface area contributed by atoms with E-state index >= 15 is 0 Å². The van der Waals surface area contributed by atoms with Crippen LogP contribution in [0.25, 0.3) is 0 Å². The third-order valence-corrected chi connectivity index (χ3v) is 6.38. The normalized spacial score (nSPS) is 28.9. The molecule has 1 heterocycles. The summed E-state index contributed by atoms with van der Waals surface area (Å²) in [5, 5.41) is 2.27. The summed E-state index contributed by atoms with van der Waals surface area (Å²) in [6.45, 7) is 1.70. The summed E-state index contributed by atoms with van der Waals surface area (Å²) in [4.78, 5) is 60.7. The van der Waals surface area contributed by atoms with E-state index < -0.39 is 18.0 Å². The first kappa shape index (κ1) is 19.9. The zero-order chi connectivity index (χ0) is 19.6. The average molecular weight is 396 g/mol. The molecule has 3 fully saturated rings. The van der Waals surface area contributed by atoms with Gasteiger partial charge in [0.05, 0.1) is 11.7 Å². The molecule has 0 spiro atoms. The largest absolute Gasteiger partial charge is 0.452 e. The summed E-state index contributed by atoms with van der Waals surface area (Å²) in [5.74, 6) is -1.18. The lowest BCUT2D eigenvalue weighted by Gasteiger charge is -2.36. The van der Waals surface area contributed by atoms with Gasteiger partial charge in [0, 0.05) is 24.9 Å². The molecular weight excluding hydrogens is 372 g/mol. The Hall–Kier alpha value is -1.90. The smallest absolute Gasteiger partial charge is 0.309 e. The highest BCUT2D eigenvalue weighted by Crippen LogP contribution is 2.40. The van der Waals surface area contributed by atoms with Crippen molar-refractivity contribution in [2.24, 2.45) is 17.8 Å². The molecule has 9 heteroatoms. The molecule has 3 aliphatic rings. The second-order valence-electron chi connectivity index (χ2n) is 7.37. The minimum absolute atomic E-state index is 0.0485. The number of ketones is 1. The van der Waals surface area contributed by atoms with E-state index in [2.05, 4.69) is 5.32 Å². The fourth-order valence-electron chi connectivity index (χ4n) is 4.03. The van der Waals surface area contributed by atoms with Gasteiger partial charge in [-0.3, -0.25) is 28.9 Å². The molecule has 27 heavy (non-hydrogen) atoms. The molecule has 1 unspecified atom stereocenters. The number of carbonyl (C=O) groups excluding carboxylic acids is 5. The fraction of sp³-hybridized carbons (Fsp3) is 0.722. The molecule has 2 saturated carbocycles. The van der Waals surface area contributed by atoms with Gasteiger partial charge in [0.1, 0.15) is 5.78 Å². The van der Waals surface area contributed by atoms with Gasteiger partial charge in [-0.15, -0.1) is 0 Å². The predicted octanol–water partition coefficient (Wildman–Crippen LogP) is 1.13. The number of imide groups is 1. The highest BCUT2D eigenvalue weighted by Gasteiger charge is 2.42. The second kappa shape index (κ2) is 8.41. The van der Waals surface area contributed by atoms with Crippen LogP contribution in [0.1, 0.15) is 39.0 Å². The number of fused-ring (bicyclic) bond motifs is 2. The van der Waals surface area contributed by atoms with E-state index in [-0.39, 0.29) is 53.5 Å². The summed E-state index contributed by atoms with van der Waals surface area (Å²) < 4.78 is 5.30. The van der Waals surface area contributed by atoms with Crippen molar-refractivity contribution in [2.45, 2.75) is 45.1 Å². The standard InChI is InChI=1S/C18H24N2O6S/c1-10(16(23)19-5-6-20-14(21)9-27-18(20)25)26-17(24)13-7-11-3-2-4-12(8-13)15(11)22/h10-13H,2-9H2,1H3,(H,19,23)/t10-,11-,12+,13?/m0/s1. The average Bonchev–Trinajstić information content (AvgIpc) is 2.93. The number of carbonyl (C=O) groups is 5. The fourth-order valence-corrected chi connectivity index (χ4v) is 4.78. The molecule has 1 N–H and O–H groups in total. The third-order valence-electron chi connectivity index (χ3n) is 5.52. The molecule has 148 valence electrons. The van der Waals surface area contributed by atoms with Crippen LogP contribution in [0.3, 0.4) is 0 Å². The molecule has 2 bridgehead atoms. The van der Waals surface area contributed by atoms with Crippen molar-refractivity contribution in [1.82, 2.24) is 10.2 Å². The van der Waals surface area contributed by atoms with Crippen LogP contribution in [-0.4, -0.2) is 58.7 Å². The third kappa shape index (κ3) is 4.51. The molecule has 3 amide bonds.